The number of amides is 2. The van der Waals surface area contributed by atoms with Crippen LogP contribution >= 0.6 is 0 Å². The number of fused-ring (bicyclic) bond motifs is 1. The highest BCUT2D eigenvalue weighted by Crippen LogP contribution is 2.36. The second-order valence-corrected chi connectivity index (χ2v) is 9.40. The molecule has 0 bridgehead atoms. The summed E-state index contributed by atoms with van der Waals surface area (Å²) >= 11 is 0. The van der Waals surface area contributed by atoms with E-state index in [0.29, 0.717) is 31.8 Å². The SMILES string of the molecule is Cc1nc([C@H]2CCCN(C(=O)Cc3ccc(F)cc3)C2)nc2c1CCC(=O)N2CC1CC1. The Balaban J connectivity index is 1.34. The van der Waals surface area contributed by atoms with Crippen LogP contribution in [0.5, 0.6) is 0 Å². The summed E-state index contributed by atoms with van der Waals surface area (Å²) in [5.41, 5.74) is 2.86. The first kappa shape index (κ1) is 21.0. The van der Waals surface area contributed by atoms with E-state index in [-0.39, 0.29) is 30.0 Å². The molecule has 0 unspecified atom stereocenters. The molecule has 3 aliphatic rings. The van der Waals surface area contributed by atoms with Gasteiger partial charge < -0.3 is 4.90 Å². The molecule has 2 aromatic rings. The van der Waals surface area contributed by atoms with Crippen molar-refractivity contribution >= 4 is 17.6 Å². The number of piperidine rings is 1. The quantitative estimate of drug-likeness (QED) is 0.719. The molecule has 1 atom stereocenters. The standard InChI is InChI=1S/C25H29FN4O2/c1-16-21-10-11-22(31)30(14-18-4-5-18)25(21)28-24(27-16)19-3-2-12-29(15-19)23(32)13-17-6-8-20(26)9-7-17/h6-9,18-19H,2-5,10-15H2,1H3/t19-/m0/s1. The number of carbonyl (C=O) groups excluding carboxylic acids is 2. The minimum Gasteiger partial charge on any atom is -0.342 e. The molecular formula is C25H29FN4O2. The Morgan fingerprint density at radius 2 is 1.91 bits per heavy atom. The minimum absolute atomic E-state index is 0.0431. The van der Waals surface area contributed by atoms with Gasteiger partial charge in [0, 0.05) is 43.2 Å². The highest BCUT2D eigenvalue weighted by molar-refractivity contribution is 5.95. The van der Waals surface area contributed by atoms with Crippen LogP contribution in [0.1, 0.15) is 60.7 Å². The summed E-state index contributed by atoms with van der Waals surface area (Å²) in [6, 6.07) is 6.10. The van der Waals surface area contributed by atoms with Crippen molar-refractivity contribution in [1.29, 1.82) is 0 Å². The fraction of sp³-hybridized carbons (Fsp3) is 0.520. The number of anilines is 1. The maximum Gasteiger partial charge on any atom is 0.228 e. The van der Waals surface area contributed by atoms with Crippen molar-refractivity contribution in [3.05, 3.63) is 52.7 Å². The zero-order valence-corrected chi connectivity index (χ0v) is 18.5. The van der Waals surface area contributed by atoms with E-state index in [0.717, 1.165) is 47.8 Å². The van der Waals surface area contributed by atoms with Gasteiger partial charge in [-0.05, 0) is 62.6 Å². The lowest BCUT2D eigenvalue weighted by Gasteiger charge is -2.34. The molecule has 32 heavy (non-hydrogen) atoms. The Bertz CT molecular complexity index is 1030. The molecule has 5 rings (SSSR count). The van der Waals surface area contributed by atoms with Gasteiger partial charge in [0.1, 0.15) is 17.5 Å². The van der Waals surface area contributed by atoms with Crippen molar-refractivity contribution in [2.45, 2.75) is 57.8 Å². The fourth-order valence-corrected chi connectivity index (χ4v) is 4.84. The topological polar surface area (TPSA) is 66.4 Å². The van der Waals surface area contributed by atoms with E-state index in [1.165, 1.54) is 25.0 Å². The number of benzene rings is 1. The summed E-state index contributed by atoms with van der Waals surface area (Å²) in [6.45, 7) is 4.06. The summed E-state index contributed by atoms with van der Waals surface area (Å²) in [5, 5.41) is 0. The van der Waals surface area contributed by atoms with Gasteiger partial charge in [-0.3, -0.25) is 14.5 Å². The molecular weight excluding hydrogens is 407 g/mol. The van der Waals surface area contributed by atoms with E-state index >= 15 is 0 Å². The van der Waals surface area contributed by atoms with Crippen LogP contribution in [-0.4, -0.2) is 46.3 Å². The maximum atomic E-state index is 13.2. The molecule has 2 fully saturated rings. The lowest BCUT2D eigenvalue weighted by Crippen LogP contribution is -2.41. The molecule has 1 saturated carbocycles. The third-order valence-corrected chi connectivity index (χ3v) is 6.90. The number of carbonyl (C=O) groups is 2. The smallest absolute Gasteiger partial charge is 0.228 e. The molecule has 7 heteroatoms. The first-order chi connectivity index (χ1) is 15.5. The van der Waals surface area contributed by atoms with Crippen LogP contribution in [0.25, 0.3) is 0 Å². The van der Waals surface area contributed by atoms with E-state index in [1.807, 2.05) is 16.7 Å². The average molecular weight is 437 g/mol. The molecule has 168 valence electrons. The van der Waals surface area contributed by atoms with Crippen molar-refractivity contribution in [2.24, 2.45) is 5.92 Å². The first-order valence-electron chi connectivity index (χ1n) is 11.7. The Hall–Kier alpha value is -2.83. The van der Waals surface area contributed by atoms with Crippen LogP contribution in [0.3, 0.4) is 0 Å². The Kier molecular flexibility index (Phi) is 5.66. The Morgan fingerprint density at radius 1 is 1.12 bits per heavy atom. The molecule has 3 heterocycles. The summed E-state index contributed by atoms with van der Waals surface area (Å²) in [5.74, 6) is 2.10. The number of hydrogen-bond acceptors (Lipinski definition) is 4. The molecule has 0 N–H and O–H groups in total. The van der Waals surface area contributed by atoms with Gasteiger partial charge in [0.2, 0.25) is 11.8 Å². The number of hydrogen-bond donors (Lipinski definition) is 0. The van der Waals surface area contributed by atoms with Crippen molar-refractivity contribution in [3.8, 4) is 0 Å². The summed E-state index contributed by atoms with van der Waals surface area (Å²) in [4.78, 5) is 39.0. The van der Waals surface area contributed by atoms with E-state index in [1.54, 1.807) is 12.1 Å². The third-order valence-electron chi connectivity index (χ3n) is 6.90. The number of halogens is 1. The van der Waals surface area contributed by atoms with E-state index in [9.17, 15) is 14.0 Å². The number of nitrogens with zero attached hydrogens (tertiary/aromatic N) is 4. The lowest BCUT2D eigenvalue weighted by atomic mass is 9.95. The number of rotatable bonds is 5. The van der Waals surface area contributed by atoms with Gasteiger partial charge in [0.25, 0.3) is 0 Å². The van der Waals surface area contributed by atoms with Crippen LogP contribution in [-0.2, 0) is 22.4 Å². The normalized spacial score (nSPS) is 20.9. The monoisotopic (exact) mass is 436 g/mol. The molecule has 1 aliphatic carbocycles. The van der Waals surface area contributed by atoms with Crippen LogP contribution in [0.4, 0.5) is 10.2 Å². The van der Waals surface area contributed by atoms with Crippen molar-refractivity contribution in [2.75, 3.05) is 24.5 Å². The molecule has 1 aromatic heterocycles. The van der Waals surface area contributed by atoms with Crippen molar-refractivity contribution in [3.63, 3.8) is 0 Å². The summed E-state index contributed by atoms with van der Waals surface area (Å²) in [7, 11) is 0. The van der Waals surface area contributed by atoms with Crippen LogP contribution in [0.15, 0.2) is 24.3 Å². The first-order valence-corrected chi connectivity index (χ1v) is 11.7. The fourth-order valence-electron chi connectivity index (χ4n) is 4.84. The zero-order chi connectivity index (χ0) is 22.2. The minimum atomic E-state index is -0.298. The van der Waals surface area contributed by atoms with Gasteiger partial charge >= 0.3 is 0 Å². The number of likely N-dealkylation sites (tertiary alicyclic amines) is 1. The maximum absolute atomic E-state index is 13.2. The molecule has 1 saturated heterocycles. The van der Waals surface area contributed by atoms with E-state index < -0.39 is 0 Å². The highest BCUT2D eigenvalue weighted by atomic mass is 19.1. The molecule has 0 radical (unpaired) electrons. The largest absolute Gasteiger partial charge is 0.342 e. The van der Waals surface area contributed by atoms with E-state index in [4.69, 9.17) is 9.97 Å². The highest BCUT2D eigenvalue weighted by Gasteiger charge is 2.34. The lowest BCUT2D eigenvalue weighted by molar-refractivity contribution is -0.131. The van der Waals surface area contributed by atoms with Crippen molar-refractivity contribution < 1.29 is 14.0 Å². The second-order valence-electron chi connectivity index (χ2n) is 9.40. The molecule has 6 nitrogen and oxygen atoms in total. The Labute approximate surface area is 187 Å². The summed E-state index contributed by atoms with van der Waals surface area (Å²) < 4.78 is 13.2. The van der Waals surface area contributed by atoms with Gasteiger partial charge in [0.05, 0.1) is 6.42 Å². The zero-order valence-electron chi connectivity index (χ0n) is 18.5. The van der Waals surface area contributed by atoms with Gasteiger partial charge in [0.15, 0.2) is 0 Å². The van der Waals surface area contributed by atoms with E-state index in [2.05, 4.69) is 0 Å². The molecule has 1 aromatic carbocycles. The van der Waals surface area contributed by atoms with Gasteiger partial charge in [-0.15, -0.1) is 0 Å². The number of aryl methyl sites for hydroxylation is 1. The van der Waals surface area contributed by atoms with Crippen LogP contribution in [0, 0.1) is 18.7 Å². The van der Waals surface area contributed by atoms with Crippen LogP contribution in [0.2, 0.25) is 0 Å². The van der Waals surface area contributed by atoms with Gasteiger partial charge in [-0.1, -0.05) is 12.1 Å². The predicted octanol–water partition coefficient (Wildman–Crippen LogP) is 3.56. The summed E-state index contributed by atoms with van der Waals surface area (Å²) in [6.07, 6.45) is 5.68. The average Bonchev–Trinajstić information content (AvgIpc) is 3.61. The van der Waals surface area contributed by atoms with Crippen molar-refractivity contribution in [1.82, 2.24) is 14.9 Å². The van der Waals surface area contributed by atoms with Gasteiger partial charge in [-0.25, -0.2) is 14.4 Å². The predicted molar refractivity (Wildman–Crippen MR) is 119 cm³/mol. The van der Waals surface area contributed by atoms with Crippen LogP contribution < -0.4 is 4.90 Å². The molecule has 0 spiro atoms. The third kappa shape index (κ3) is 4.38. The van der Waals surface area contributed by atoms with Gasteiger partial charge in [-0.2, -0.15) is 0 Å². The molecule has 2 aliphatic heterocycles. The molecule has 2 amide bonds. The number of aromatic nitrogens is 2. The second kappa shape index (κ2) is 8.60. The Morgan fingerprint density at radius 3 is 2.66 bits per heavy atom.